The Kier molecular flexibility index (Phi) is 9.10. The van der Waals surface area contributed by atoms with Gasteiger partial charge in [0.2, 0.25) is 0 Å². The van der Waals surface area contributed by atoms with Gasteiger partial charge in [0, 0.05) is 22.9 Å². The average Bonchev–Trinajstić information content (AvgIpc) is 3.26. The number of benzene rings is 2. The Labute approximate surface area is 249 Å². The lowest BCUT2D eigenvalue weighted by Crippen LogP contribution is -2.16. The summed E-state index contributed by atoms with van der Waals surface area (Å²) in [4.78, 5) is 14.6. The fraction of sp³-hybridized carbons (Fsp3) is 0.528. The van der Waals surface area contributed by atoms with E-state index in [2.05, 4.69) is 68.2 Å². The molecule has 0 saturated heterocycles. The van der Waals surface area contributed by atoms with Gasteiger partial charge < -0.3 is 4.42 Å². The van der Waals surface area contributed by atoms with Gasteiger partial charge >= 0.3 is 0 Å². The molecule has 0 radical (unpaired) electrons. The van der Waals surface area contributed by atoms with E-state index in [1.165, 1.54) is 97.1 Å². The minimum atomic E-state index is 0.355. The van der Waals surface area contributed by atoms with E-state index in [-0.39, 0.29) is 0 Å². The monoisotopic (exact) mass is 567 g/mol. The molecule has 216 valence electrons. The van der Waals surface area contributed by atoms with E-state index >= 15 is 0 Å². The third-order valence-electron chi connectivity index (χ3n) is 9.62. The van der Waals surface area contributed by atoms with Crippen LogP contribution in [0.15, 0.2) is 58.3 Å². The first-order chi connectivity index (χ1) is 20.1. The molecule has 2 aliphatic rings. The van der Waals surface area contributed by atoms with E-state index in [0.717, 1.165) is 34.6 Å². The standard InChI is InChI=1S/C36H45N3OS/c1-4-32-30(29-10-8-11-33-31(29)19-13-25(3)38-33)18-12-24(2)36(39-32)41-20-7-5-6-9-26-14-16-27-21-34-35(40-23-37-34)22-28(27)17-15-26/h8,10-11,13,19,21-24,26,30,32H,4-7,9,12,14-18,20H2,1-3H3. The summed E-state index contributed by atoms with van der Waals surface area (Å²) >= 11 is 2.05. The molecular formula is C36H45N3OS. The molecule has 0 fully saturated rings. The number of oxazole rings is 1. The van der Waals surface area contributed by atoms with E-state index < -0.39 is 0 Å². The van der Waals surface area contributed by atoms with E-state index in [9.17, 15) is 0 Å². The first-order valence-corrected chi connectivity index (χ1v) is 17.0. The highest BCUT2D eigenvalue weighted by molar-refractivity contribution is 8.13. The van der Waals surface area contributed by atoms with Gasteiger partial charge in [-0.2, -0.15) is 0 Å². The summed E-state index contributed by atoms with van der Waals surface area (Å²) in [5.41, 5.74) is 8.56. The molecule has 2 aromatic carbocycles. The summed E-state index contributed by atoms with van der Waals surface area (Å²) in [6, 6.07) is 15.9. The van der Waals surface area contributed by atoms with Crippen LogP contribution in [0.5, 0.6) is 0 Å². The van der Waals surface area contributed by atoms with E-state index in [0.29, 0.717) is 17.9 Å². The molecule has 6 rings (SSSR count). The number of aliphatic imine (C=N–C) groups is 1. The van der Waals surface area contributed by atoms with Gasteiger partial charge in [0.05, 0.1) is 16.6 Å². The van der Waals surface area contributed by atoms with Crippen LogP contribution in [-0.2, 0) is 12.8 Å². The Morgan fingerprint density at radius 1 is 0.927 bits per heavy atom. The second-order valence-corrected chi connectivity index (χ2v) is 13.6. The van der Waals surface area contributed by atoms with Crippen molar-refractivity contribution in [1.82, 2.24) is 9.97 Å². The number of thioether (sulfide) groups is 1. The maximum absolute atomic E-state index is 5.54. The third-order valence-corrected chi connectivity index (χ3v) is 10.9. The first-order valence-electron chi connectivity index (χ1n) is 16.0. The second kappa shape index (κ2) is 13.1. The van der Waals surface area contributed by atoms with E-state index in [1.54, 1.807) is 6.39 Å². The van der Waals surface area contributed by atoms with Crippen molar-refractivity contribution in [3.63, 3.8) is 0 Å². The van der Waals surface area contributed by atoms with Crippen LogP contribution in [0.3, 0.4) is 0 Å². The molecule has 3 heterocycles. The average molecular weight is 568 g/mol. The highest BCUT2D eigenvalue weighted by Crippen LogP contribution is 2.39. The van der Waals surface area contributed by atoms with Crippen molar-refractivity contribution < 1.29 is 4.42 Å². The third kappa shape index (κ3) is 6.56. The summed E-state index contributed by atoms with van der Waals surface area (Å²) in [6.07, 6.45) is 15.4. The molecule has 4 atom stereocenters. The lowest BCUT2D eigenvalue weighted by atomic mass is 9.84. The summed E-state index contributed by atoms with van der Waals surface area (Å²) in [5, 5.41) is 2.71. The molecule has 5 heteroatoms. The number of fused-ring (bicyclic) bond motifs is 3. The molecule has 1 aliphatic heterocycles. The Balaban J connectivity index is 0.993. The predicted molar refractivity (Wildman–Crippen MR) is 174 cm³/mol. The van der Waals surface area contributed by atoms with Crippen molar-refractivity contribution in [2.24, 2.45) is 16.8 Å². The highest BCUT2D eigenvalue weighted by Gasteiger charge is 2.29. The zero-order chi connectivity index (χ0) is 28.2. The zero-order valence-electron chi connectivity index (χ0n) is 25.1. The van der Waals surface area contributed by atoms with Crippen LogP contribution in [0.1, 0.15) is 99.9 Å². The van der Waals surface area contributed by atoms with Crippen LogP contribution in [0.4, 0.5) is 0 Å². The normalized spacial score (nSPS) is 23.2. The van der Waals surface area contributed by atoms with Crippen molar-refractivity contribution in [1.29, 1.82) is 0 Å². The maximum atomic E-state index is 5.54. The molecular weight excluding hydrogens is 522 g/mol. The van der Waals surface area contributed by atoms with Gasteiger partial charge in [-0.3, -0.25) is 9.98 Å². The molecule has 41 heavy (non-hydrogen) atoms. The van der Waals surface area contributed by atoms with Crippen LogP contribution in [-0.4, -0.2) is 26.8 Å². The topological polar surface area (TPSA) is 51.3 Å². The van der Waals surface area contributed by atoms with Crippen LogP contribution in [0.25, 0.3) is 22.0 Å². The summed E-state index contributed by atoms with van der Waals surface area (Å²) in [5.74, 6) is 3.07. The zero-order valence-corrected chi connectivity index (χ0v) is 25.9. The number of hydrogen-bond acceptors (Lipinski definition) is 5. The van der Waals surface area contributed by atoms with Gasteiger partial charge in [0.1, 0.15) is 5.52 Å². The minimum absolute atomic E-state index is 0.355. The SMILES string of the molecule is CCC1N=C(SCCCCCC2CCc3cc4ncoc4cc3CC2)C(C)CCC1c1cccc2nc(C)ccc12. The smallest absolute Gasteiger partial charge is 0.181 e. The number of unbranched alkanes of at least 4 members (excludes halogenated alkanes) is 2. The van der Waals surface area contributed by atoms with Gasteiger partial charge in [0.25, 0.3) is 0 Å². The van der Waals surface area contributed by atoms with Crippen LogP contribution < -0.4 is 0 Å². The molecule has 0 N–H and O–H groups in total. The van der Waals surface area contributed by atoms with Crippen LogP contribution in [0, 0.1) is 18.8 Å². The predicted octanol–water partition coefficient (Wildman–Crippen LogP) is 9.86. The molecule has 1 aliphatic carbocycles. The molecule has 4 aromatic rings. The van der Waals surface area contributed by atoms with Crippen molar-refractivity contribution in [3.05, 3.63) is 71.2 Å². The van der Waals surface area contributed by atoms with Crippen molar-refractivity contribution in [2.75, 3.05) is 5.75 Å². The van der Waals surface area contributed by atoms with Crippen molar-refractivity contribution in [3.8, 4) is 0 Å². The first kappa shape index (κ1) is 28.5. The highest BCUT2D eigenvalue weighted by atomic mass is 32.2. The van der Waals surface area contributed by atoms with Crippen LogP contribution in [0.2, 0.25) is 0 Å². The van der Waals surface area contributed by atoms with Crippen molar-refractivity contribution >= 4 is 38.8 Å². The molecule has 0 spiro atoms. The summed E-state index contributed by atoms with van der Waals surface area (Å²) in [6.45, 7) is 6.79. The van der Waals surface area contributed by atoms with Crippen molar-refractivity contribution in [2.45, 2.75) is 103 Å². The quantitative estimate of drug-likeness (QED) is 0.157. The van der Waals surface area contributed by atoms with Gasteiger partial charge in [-0.25, -0.2) is 4.98 Å². The second-order valence-electron chi connectivity index (χ2n) is 12.5. The Morgan fingerprint density at radius 2 is 1.78 bits per heavy atom. The van der Waals surface area contributed by atoms with E-state index in [4.69, 9.17) is 14.4 Å². The Hall–Kier alpha value is -2.66. The molecule has 0 saturated carbocycles. The minimum Gasteiger partial charge on any atom is -0.443 e. The Bertz CT molecular complexity index is 1470. The molecule has 0 amide bonds. The lowest BCUT2D eigenvalue weighted by molar-refractivity contribution is 0.412. The Morgan fingerprint density at radius 3 is 2.63 bits per heavy atom. The van der Waals surface area contributed by atoms with Gasteiger partial charge in [-0.15, -0.1) is 11.8 Å². The number of pyridine rings is 1. The fourth-order valence-electron chi connectivity index (χ4n) is 7.14. The molecule has 4 unspecified atom stereocenters. The van der Waals surface area contributed by atoms with E-state index in [1.807, 2.05) is 11.8 Å². The fourth-order valence-corrected chi connectivity index (χ4v) is 8.31. The molecule has 4 nitrogen and oxygen atoms in total. The summed E-state index contributed by atoms with van der Waals surface area (Å²) in [7, 11) is 0. The van der Waals surface area contributed by atoms with Gasteiger partial charge in [0.15, 0.2) is 12.0 Å². The number of aryl methyl sites for hydroxylation is 3. The molecule has 0 bridgehead atoms. The maximum Gasteiger partial charge on any atom is 0.181 e. The largest absolute Gasteiger partial charge is 0.443 e. The van der Waals surface area contributed by atoms with Gasteiger partial charge in [-0.1, -0.05) is 51.3 Å². The van der Waals surface area contributed by atoms with Gasteiger partial charge in [-0.05, 0) is 111 Å². The number of aromatic nitrogens is 2. The number of nitrogens with zero attached hydrogens (tertiary/aromatic N) is 3. The number of rotatable bonds is 8. The van der Waals surface area contributed by atoms with Crippen LogP contribution >= 0.6 is 11.8 Å². The summed E-state index contributed by atoms with van der Waals surface area (Å²) < 4.78 is 5.54. The lowest BCUT2D eigenvalue weighted by Gasteiger charge is -2.23. The molecule has 2 aromatic heterocycles. The number of hydrogen-bond donors (Lipinski definition) is 0.